The third-order valence-electron chi connectivity index (χ3n) is 3.54. The summed E-state index contributed by atoms with van der Waals surface area (Å²) in [7, 11) is 0. The SMILES string of the molecule is O=C(O)C[C@@H](NC(=O)c1cc2ccccc2o1)c1ccccc1. The first kappa shape index (κ1) is 14.8. The standard InChI is InChI=1S/C18H15NO4/c20-17(21)11-14(12-6-2-1-3-7-12)19-18(22)16-10-13-8-4-5-9-15(13)23-16/h1-10,14H,11H2,(H,19,22)(H,20,21)/t14-/m1/s1. The van der Waals surface area contributed by atoms with E-state index in [1.54, 1.807) is 36.4 Å². The van der Waals surface area contributed by atoms with Crippen LogP contribution in [-0.2, 0) is 4.79 Å². The maximum atomic E-state index is 12.4. The third-order valence-corrected chi connectivity index (χ3v) is 3.54. The van der Waals surface area contributed by atoms with Gasteiger partial charge in [-0.05, 0) is 17.7 Å². The summed E-state index contributed by atoms with van der Waals surface area (Å²) in [5.74, 6) is -1.25. The number of para-hydroxylation sites is 1. The predicted molar refractivity (Wildman–Crippen MR) is 85.1 cm³/mol. The van der Waals surface area contributed by atoms with Gasteiger partial charge in [0.2, 0.25) is 0 Å². The monoisotopic (exact) mass is 309 g/mol. The molecule has 1 atom stereocenters. The number of carbonyl (C=O) groups excluding carboxylic acids is 1. The van der Waals surface area contributed by atoms with Crippen LogP contribution in [0.5, 0.6) is 0 Å². The molecule has 2 aromatic carbocycles. The summed E-state index contributed by atoms with van der Waals surface area (Å²) in [4.78, 5) is 23.4. The number of benzene rings is 2. The third kappa shape index (κ3) is 3.40. The molecule has 116 valence electrons. The summed E-state index contributed by atoms with van der Waals surface area (Å²) in [5.41, 5.74) is 1.35. The van der Waals surface area contributed by atoms with Crippen molar-refractivity contribution in [2.45, 2.75) is 12.5 Å². The van der Waals surface area contributed by atoms with Crippen LogP contribution in [0.3, 0.4) is 0 Å². The van der Waals surface area contributed by atoms with E-state index in [0.29, 0.717) is 5.58 Å². The molecular weight excluding hydrogens is 294 g/mol. The highest BCUT2D eigenvalue weighted by atomic mass is 16.4. The lowest BCUT2D eigenvalue weighted by Crippen LogP contribution is -2.29. The van der Waals surface area contributed by atoms with Gasteiger partial charge in [-0.1, -0.05) is 48.5 Å². The molecule has 1 aromatic heterocycles. The molecule has 5 heteroatoms. The number of amides is 1. The van der Waals surface area contributed by atoms with E-state index < -0.39 is 17.9 Å². The van der Waals surface area contributed by atoms with Crippen LogP contribution in [0.4, 0.5) is 0 Å². The first-order chi connectivity index (χ1) is 11.1. The van der Waals surface area contributed by atoms with E-state index in [-0.39, 0.29) is 12.2 Å². The molecule has 0 spiro atoms. The van der Waals surface area contributed by atoms with Crippen molar-refractivity contribution in [3.05, 3.63) is 72.0 Å². The molecule has 0 aliphatic carbocycles. The van der Waals surface area contributed by atoms with Crippen molar-refractivity contribution < 1.29 is 19.1 Å². The predicted octanol–water partition coefficient (Wildman–Crippen LogP) is 3.38. The minimum atomic E-state index is -0.983. The van der Waals surface area contributed by atoms with Gasteiger partial charge in [-0.2, -0.15) is 0 Å². The van der Waals surface area contributed by atoms with Crippen LogP contribution in [0.15, 0.2) is 65.1 Å². The highest BCUT2D eigenvalue weighted by molar-refractivity contribution is 5.96. The zero-order valence-corrected chi connectivity index (χ0v) is 12.2. The van der Waals surface area contributed by atoms with Gasteiger partial charge in [0.05, 0.1) is 12.5 Å². The van der Waals surface area contributed by atoms with E-state index in [2.05, 4.69) is 5.32 Å². The fraction of sp³-hybridized carbons (Fsp3) is 0.111. The van der Waals surface area contributed by atoms with Crippen LogP contribution in [0, 0.1) is 0 Å². The van der Waals surface area contributed by atoms with Crippen LogP contribution in [0.1, 0.15) is 28.6 Å². The molecular formula is C18H15NO4. The van der Waals surface area contributed by atoms with Gasteiger partial charge < -0.3 is 14.8 Å². The molecule has 0 aliphatic heterocycles. The zero-order chi connectivity index (χ0) is 16.2. The number of nitrogens with one attached hydrogen (secondary N) is 1. The molecule has 23 heavy (non-hydrogen) atoms. The summed E-state index contributed by atoms with van der Waals surface area (Å²) >= 11 is 0. The van der Waals surface area contributed by atoms with E-state index in [1.807, 2.05) is 24.3 Å². The van der Waals surface area contributed by atoms with Gasteiger partial charge in [0, 0.05) is 5.39 Å². The van der Waals surface area contributed by atoms with Gasteiger partial charge >= 0.3 is 5.97 Å². The van der Waals surface area contributed by atoms with Gasteiger partial charge in [0.1, 0.15) is 5.58 Å². The van der Waals surface area contributed by atoms with E-state index in [4.69, 9.17) is 9.52 Å². The highest BCUT2D eigenvalue weighted by Gasteiger charge is 2.20. The van der Waals surface area contributed by atoms with Gasteiger partial charge in [0.15, 0.2) is 5.76 Å². The molecule has 5 nitrogen and oxygen atoms in total. The Kier molecular flexibility index (Phi) is 4.10. The fourth-order valence-corrected chi connectivity index (χ4v) is 2.44. The molecule has 0 saturated heterocycles. The molecule has 0 saturated carbocycles. The summed E-state index contributed by atoms with van der Waals surface area (Å²) in [6.07, 6.45) is -0.198. The molecule has 0 radical (unpaired) electrons. The Morgan fingerprint density at radius 3 is 2.43 bits per heavy atom. The Hall–Kier alpha value is -3.08. The van der Waals surface area contributed by atoms with Crippen molar-refractivity contribution >= 4 is 22.8 Å². The Morgan fingerprint density at radius 1 is 1.04 bits per heavy atom. The van der Waals surface area contributed by atoms with Crippen LogP contribution in [0.25, 0.3) is 11.0 Å². The van der Waals surface area contributed by atoms with Gasteiger partial charge in [-0.25, -0.2) is 0 Å². The second-order valence-electron chi connectivity index (χ2n) is 5.18. The molecule has 3 rings (SSSR count). The van der Waals surface area contributed by atoms with Crippen LogP contribution >= 0.6 is 0 Å². The number of hydrogen-bond donors (Lipinski definition) is 2. The zero-order valence-electron chi connectivity index (χ0n) is 12.2. The van der Waals surface area contributed by atoms with Crippen molar-refractivity contribution in [1.29, 1.82) is 0 Å². The number of fused-ring (bicyclic) bond motifs is 1. The van der Waals surface area contributed by atoms with Crippen LogP contribution in [-0.4, -0.2) is 17.0 Å². The molecule has 0 aliphatic rings. The average Bonchev–Trinajstić information content (AvgIpc) is 2.99. The van der Waals surface area contributed by atoms with Gasteiger partial charge in [-0.15, -0.1) is 0 Å². The van der Waals surface area contributed by atoms with Crippen LogP contribution in [0.2, 0.25) is 0 Å². The maximum Gasteiger partial charge on any atom is 0.305 e. The molecule has 0 bridgehead atoms. The van der Waals surface area contributed by atoms with E-state index in [1.165, 1.54) is 0 Å². The quantitative estimate of drug-likeness (QED) is 0.757. The maximum absolute atomic E-state index is 12.4. The highest BCUT2D eigenvalue weighted by Crippen LogP contribution is 2.21. The number of carboxylic acids is 1. The average molecular weight is 309 g/mol. The molecule has 1 amide bonds. The minimum absolute atomic E-state index is 0.164. The van der Waals surface area contributed by atoms with Gasteiger partial charge in [-0.3, -0.25) is 9.59 Å². The smallest absolute Gasteiger partial charge is 0.305 e. The molecule has 0 unspecified atom stereocenters. The summed E-state index contributed by atoms with van der Waals surface area (Å²) < 4.78 is 5.51. The Labute approximate surface area is 132 Å². The summed E-state index contributed by atoms with van der Waals surface area (Å²) in [5, 5.41) is 12.6. The minimum Gasteiger partial charge on any atom is -0.481 e. The second kappa shape index (κ2) is 6.36. The number of carboxylic acid groups (broad SMARTS) is 1. The van der Waals surface area contributed by atoms with Crippen molar-refractivity contribution in [3.63, 3.8) is 0 Å². The van der Waals surface area contributed by atoms with E-state index in [0.717, 1.165) is 10.9 Å². The number of rotatable bonds is 5. The lowest BCUT2D eigenvalue weighted by molar-refractivity contribution is -0.137. The Balaban J connectivity index is 1.84. The van der Waals surface area contributed by atoms with Gasteiger partial charge in [0.25, 0.3) is 5.91 Å². The fourth-order valence-electron chi connectivity index (χ4n) is 2.44. The Morgan fingerprint density at radius 2 is 1.74 bits per heavy atom. The first-order valence-corrected chi connectivity index (χ1v) is 7.19. The number of hydrogen-bond acceptors (Lipinski definition) is 3. The molecule has 2 N–H and O–H groups in total. The lowest BCUT2D eigenvalue weighted by atomic mass is 10.0. The number of aliphatic carboxylic acids is 1. The molecule has 3 aromatic rings. The second-order valence-corrected chi connectivity index (χ2v) is 5.18. The van der Waals surface area contributed by atoms with Crippen molar-refractivity contribution in [1.82, 2.24) is 5.32 Å². The normalized spacial score (nSPS) is 12.0. The van der Waals surface area contributed by atoms with Crippen molar-refractivity contribution in [2.24, 2.45) is 0 Å². The summed E-state index contributed by atoms with van der Waals surface area (Å²) in [6, 6.07) is 17.3. The number of carbonyl (C=O) groups is 2. The number of furan rings is 1. The van der Waals surface area contributed by atoms with Crippen LogP contribution < -0.4 is 5.32 Å². The molecule has 0 fully saturated rings. The van der Waals surface area contributed by atoms with E-state index >= 15 is 0 Å². The van der Waals surface area contributed by atoms with E-state index in [9.17, 15) is 9.59 Å². The lowest BCUT2D eigenvalue weighted by Gasteiger charge is -2.16. The first-order valence-electron chi connectivity index (χ1n) is 7.19. The summed E-state index contributed by atoms with van der Waals surface area (Å²) in [6.45, 7) is 0. The van der Waals surface area contributed by atoms with Crippen molar-refractivity contribution in [3.8, 4) is 0 Å². The molecule has 1 heterocycles. The topological polar surface area (TPSA) is 79.5 Å². The van der Waals surface area contributed by atoms with Crippen molar-refractivity contribution in [2.75, 3.05) is 0 Å². The Bertz CT molecular complexity index is 805. The largest absolute Gasteiger partial charge is 0.481 e.